The maximum absolute atomic E-state index is 12.9. The summed E-state index contributed by atoms with van der Waals surface area (Å²) in [4.78, 5) is 19.5. The summed E-state index contributed by atoms with van der Waals surface area (Å²) in [5.74, 6) is 1.83. The van der Waals surface area contributed by atoms with E-state index in [4.69, 9.17) is 37.2 Å². The van der Waals surface area contributed by atoms with Crippen molar-refractivity contribution in [3.8, 4) is 22.9 Å². The Labute approximate surface area is 201 Å². The zero-order chi connectivity index (χ0) is 23.4. The molecule has 1 amide bonds. The van der Waals surface area contributed by atoms with Crippen molar-refractivity contribution < 1.29 is 18.8 Å². The van der Waals surface area contributed by atoms with Crippen molar-refractivity contribution in [1.82, 2.24) is 15.0 Å². The van der Waals surface area contributed by atoms with Gasteiger partial charge in [-0.25, -0.2) is 0 Å². The molecule has 0 unspecified atom stereocenters. The Hall–Kier alpha value is -2.81. The van der Waals surface area contributed by atoms with Gasteiger partial charge < -0.3 is 19.3 Å². The number of aromatic nitrogens is 2. The molecule has 1 aromatic heterocycles. The molecule has 2 heterocycles. The Morgan fingerprint density at radius 2 is 1.91 bits per heavy atom. The number of halogens is 2. The molecule has 2 aromatic carbocycles. The minimum absolute atomic E-state index is 0.0571. The first-order chi connectivity index (χ1) is 16.0. The van der Waals surface area contributed by atoms with E-state index in [9.17, 15) is 4.79 Å². The Morgan fingerprint density at radius 3 is 2.61 bits per heavy atom. The van der Waals surface area contributed by atoms with Crippen molar-refractivity contribution in [2.75, 3.05) is 32.6 Å². The third kappa shape index (κ3) is 5.58. The minimum atomic E-state index is -0.114. The minimum Gasteiger partial charge on any atom is -0.495 e. The highest BCUT2D eigenvalue weighted by atomic mass is 35.5. The van der Waals surface area contributed by atoms with Gasteiger partial charge in [0.1, 0.15) is 11.5 Å². The monoisotopic (exact) mass is 490 g/mol. The van der Waals surface area contributed by atoms with Gasteiger partial charge in [0, 0.05) is 28.6 Å². The van der Waals surface area contributed by atoms with Crippen LogP contribution in [0.2, 0.25) is 10.0 Å². The van der Waals surface area contributed by atoms with Crippen molar-refractivity contribution in [2.24, 2.45) is 5.92 Å². The summed E-state index contributed by atoms with van der Waals surface area (Å²) in [6.45, 7) is 2.02. The lowest BCUT2D eigenvalue weighted by molar-refractivity contribution is -0.121. The van der Waals surface area contributed by atoms with E-state index < -0.39 is 0 Å². The van der Waals surface area contributed by atoms with Gasteiger partial charge in [-0.05, 0) is 38.1 Å². The first-order valence-electron chi connectivity index (χ1n) is 10.5. The molecule has 33 heavy (non-hydrogen) atoms. The van der Waals surface area contributed by atoms with E-state index in [1.165, 1.54) is 14.2 Å². The largest absolute Gasteiger partial charge is 0.495 e. The van der Waals surface area contributed by atoms with Crippen LogP contribution in [0.5, 0.6) is 11.5 Å². The van der Waals surface area contributed by atoms with E-state index in [0.29, 0.717) is 58.3 Å². The average Bonchev–Trinajstić information content (AvgIpc) is 3.29. The van der Waals surface area contributed by atoms with E-state index in [1.54, 1.807) is 24.3 Å². The van der Waals surface area contributed by atoms with Crippen molar-refractivity contribution in [2.45, 2.75) is 19.4 Å². The molecular weight excluding hydrogens is 467 g/mol. The number of benzene rings is 2. The number of piperidine rings is 1. The van der Waals surface area contributed by atoms with Crippen LogP contribution in [0, 0.1) is 5.92 Å². The fourth-order valence-electron chi connectivity index (χ4n) is 3.80. The van der Waals surface area contributed by atoms with Crippen molar-refractivity contribution in [1.29, 1.82) is 0 Å². The van der Waals surface area contributed by atoms with Gasteiger partial charge in [0.15, 0.2) is 0 Å². The van der Waals surface area contributed by atoms with E-state index in [2.05, 4.69) is 20.4 Å². The molecule has 4 rings (SSSR count). The van der Waals surface area contributed by atoms with Crippen molar-refractivity contribution in [3.05, 3.63) is 52.3 Å². The SMILES string of the molecule is COc1cc(NC(=O)C2CCN(Cc3nc(-c4cccc(Cl)c4)no3)CC2)c(OC)cc1Cl. The lowest BCUT2D eigenvalue weighted by atomic mass is 9.95. The van der Waals surface area contributed by atoms with E-state index in [-0.39, 0.29) is 11.8 Å². The van der Waals surface area contributed by atoms with E-state index in [1.807, 2.05) is 12.1 Å². The van der Waals surface area contributed by atoms with Gasteiger partial charge in [-0.1, -0.05) is 40.5 Å². The average molecular weight is 491 g/mol. The molecule has 8 nitrogen and oxygen atoms in total. The maximum Gasteiger partial charge on any atom is 0.241 e. The first kappa shape index (κ1) is 23.4. The normalized spacial score (nSPS) is 14.8. The summed E-state index contributed by atoms with van der Waals surface area (Å²) in [7, 11) is 3.05. The van der Waals surface area contributed by atoms with Crippen LogP contribution in [0.3, 0.4) is 0 Å². The van der Waals surface area contributed by atoms with Crippen LogP contribution in [0.25, 0.3) is 11.4 Å². The smallest absolute Gasteiger partial charge is 0.241 e. The standard InChI is InChI=1S/C23H24Cl2N4O4/c1-31-19-12-18(20(32-2)11-17(19)25)26-23(30)14-6-8-29(9-7-14)13-21-27-22(28-33-21)15-4-3-5-16(24)10-15/h3-5,10-12,14H,6-9,13H2,1-2H3,(H,26,30). The number of nitrogens with one attached hydrogen (secondary N) is 1. The van der Waals surface area contributed by atoms with Gasteiger partial charge in [0.05, 0.1) is 31.5 Å². The van der Waals surface area contributed by atoms with E-state index in [0.717, 1.165) is 18.7 Å². The number of rotatable bonds is 7. The summed E-state index contributed by atoms with van der Waals surface area (Å²) in [5, 5.41) is 8.04. The predicted octanol–water partition coefficient (Wildman–Crippen LogP) is 4.91. The third-order valence-corrected chi connectivity index (χ3v) is 6.13. The Bertz CT molecular complexity index is 1130. The predicted molar refractivity (Wildman–Crippen MR) is 126 cm³/mol. The molecule has 1 N–H and O–H groups in total. The van der Waals surface area contributed by atoms with Crippen LogP contribution in [-0.2, 0) is 11.3 Å². The van der Waals surface area contributed by atoms with Gasteiger partial charge in [0.25, 0.3) is 0 Å². The molecule has 0 atom stereocenters. The molecule has 0 saturated carbocycles. The molecule has 10 heteroatoms. The number of ether oxygens (including phenoxy) is 2. The quantitative estimate of drug-likeness (QED) is 0.502. The maximum atomic E-state index is 12.9. The highest BCUT2D eigenvalue weighted by molar-refractivity contribution is 6.32. The van der Waals surface area contributed by atoms with Gasteiger partial charge >= 0.3 is 0 Å². The van der Waals surface area contributed by atoms with Crippen molar-refractivity contribution in [3.63, 3.8) is 0 Å². The summed E-state index contributed by atoms with van der Waals surface area (Å²) >= 11 is 12.2. The summed E-state index contributed by atoms with van der Waals surface area (Å²) < 4.78 is 16.0. The number of hydrogen-bond acceptors (Lipinski definition) is 7. The Morgan fingerprint density at radius 1 is 1.15 bits per heavy atom. The number of hydrogen-bond donors (Lipinski definition) is 1. The number of methoxy groups -OCH3 is 2. The molecule has 1 fully saturated rings. The van der Waals surface area contributed by atoms with Crippen LogP contribution in [-0.4, -0.2) is 48.3 Å². The lowest BCUT2D eigenvalue weighted by Crippen LogP contribution is -2.37. The first-order valence-corrected chi connectivity index (χ1v) is 11.3. The number of nitrogens with zero attached hydrogens (tertiary/aromatic N) is 3. The lowest BCUT2D eigenvalue weighted by Gasteiger charge is -2.30. The molecule has 1 aliphatic rings. The number of likely N-dealkylation sites (tertiary alicyclic amines) is 1. The Kier molecular flexibility index (Phi) is 7.37. The van der Waals surface area contributed by atoms with Gasteiger partial charge in [-0.3, -0.25) is 9.69 Å². The van der Waals surface area contributed by atoms with Crippen LogP contribution < -0.4 is 14.8 Å². The topological polar surface area (TPSA) is 89.7 Å². The molecule has 0 bridgehead atoms. The molecular formula is C23H24Cl2N4O4. The third-order valence-electron chi connectivity index (χ3n) is 5.60. The number of anilines is 1. The molecule has 1 saturated heterocycles. The highest BCUT2D eigenvalue weighted by Crippen LogP contribution is 2.36. The van der Waals surface area contributed by atoms with Crippen molar-refractivity contribution >= 4 is 34.8 Å². The molecule has 0 radical (unpaired) electrons. The zero-order valence-electron chi connectivity index (χ0n) is 18.3. The summed E-state index contributed by atoms with van der Waals surface area (Å²) in [6, 6.07) is 10.6. The molecule has 174 valence electrons. The number of carbonyl (C=O) groups is 1. The fraction of sp³-hybridized carbons (Fsp3) is 0.348. The summed E-state index contributed by atoms with van der Waals surface area (Å²) in [6.07, 6.45) is 1.43. The number of amides is 1. The second-order valence-corrected chi connectivity index (χ2v) is 8.59. The zero-order valence-corrected chi connectivity index (χ0v) is 19.8. The van der Waals surface area contributed by atoms with Crippen LogP contribution in [0.1, 0.15) is 18.7 Å². The van der Waals surface area contributed by atoms with Gasteiger partial charge in [0.2, 0.25) is 17.6 Å². The fourth-order valence-corrected chi connectivity index (χ4v) is 4.22. The number of carbonyl (C=O) groups excluding carboxylic acids is 1. The van der Waals surface area contributed by atoms with Gasteiger partial charge in [-0.2, -0.15) is 4.98 Å². The molecule has 3 aromatic rings. The Balaban J connectivity index is 1.33. The molecule has 1 aliphatic heterocycles. The second-order valence-electron chi connectivity index (χ2n) is 7.75. The van der Waals surface area contributed by atoms with Crippen LogP contribution in [0.4, 0.5) is 5.69 Å². The molecule has 0 spiro atoms. The van der Waals surface area contributed by atoms with Crippen LogP contribution >= 0.6 is 23.2 Å². The van der Waals surface area contributed by atoms with E-state index >= 15 is 0 Å². The van der Waals surface area contributed by atoms with Gasteiger partial charge in [-0.15, -0.1) is 0 Å². The highest BCUT2D eigenvalue weighted by Gasteiger charge is 2.27. The second kappa shape index (κ2) is 10.4. The summed E-state index contributed by atoms with van der Waals surface area (Å²) in [5.41, 5.74) is 1.34. The van der Waals surface area contributed by atoms with Crippen LogP contribution in [0.15, 0.2) is 40.9 Å². The molecule has 0 aliphatic carbocycles.